The SMILES string of the molecule is COc1ccc(C#N)cc1CN1CCN[C@H](C)C1. The van der Waals surface area contributed by atoms with Crippen LogP contribution in [-0.4, -0.2) is 37.7 Å². The van der Waals surface area contributed by atoms with Crippen LogP contribution >= 0.6 is 0 Å². The Labute approximate surface area is 108 Å². The van der Waals surface area contributed by atoms with Gasteiger partial charge in [0.25, 0.3) is 0 Å². The van der Waals surface area contributed by atoms with Crippen LogP contribution in [0.3, 0.4) is 0 Å². The lowest BCUT2D eigenvalue weighted by Gasteiger charge is -2.32. The molecule has 0 spiro atoms. The molecule has 2 rings (SSSR count). The smallest absolute Gasteiger partial charge is 0.123 e. The predicted molar refractivity (Wildman–Crippen MR) is 70.5 cm³/mol. The minimum absolute atomic E-state index is 0.517. The Bertz CT molecular complexity index is 453. The van der Waals surface area contributed by atoms with Gasteiger partial charge in [0.15, 0.2) is 0 Å². The number of hydrogen-bond acceptors (Lipinski definition) is 4. The standard InChI is InChI=1S/C14H19N3O/c1-11-9-17(6-5-16-11)10-13-7-12(8-15)3-4-14(13)18-2/h3-4,7,11,16H,5-6,9-10H2,1-2H3/t11-/m1/s1. The van der Waals surface area contributed by atoms with E-state index >= 15 is 0 Å². The third kappa shape index (κ3) is 3.00. The molecule has 96 valence electrons. The molecule has 1 aliphatic rings. The highest BCUT2D eigenvalue weighted by Crippen LogP contribution is 2.21. The Morgan fingerprint density at radius 3 is 3.06 bits per heavy atom. The lowest BCUT2D eigenvalue weighted by Crippen LogP contribution is -2.48. The van der Waals surface area contributed by atoms with Crippen molar-refractivity contribution in [3.8, 4) is 11.8 Å². The van der Waals surface area contributed by atoms with Gasteiger partial charge in [0.05, 0.1) is 18.7 Å². The van der Waals surface area contributed by atoms with Crippen molar-refractivity contribution in [1.82, 2.24) is 10.2 Å². The van der Waals surface area contributed by atoms with Crippen LogP contribution in [0, 0.1) is 11.3 Å². The largest absolute Gasteiger partial charge is 0.496 e. The van der Waals surface area contributed by atoms with E-state index in [0.29, 0.717) is 11.6 Å². The summed E-state index contributed by atoms with van der Waals surface area (Å²) in [5.74, 6) is 0.861. The Morgan fingerprint density at radius 2 is 2.39 bits per heavy atom. The molecule has 1 heterocycles. The fourth-order valence-electron chi connectivity index (χ4n) is 2.37. The van der Waals surface area contributed by atoms with Gasteiger partial charge in [-0.3, -0.25) is 4.90 Å². The van der Waals surface area contributed by atoms with E-state index in [1.165, 1.54) is 0 Å². The lowest BCUT2D eigenvalue weighted by molar-refractivity contribution is 0.197. The van der Waals surface area contributed by atoms with Gasteiger partial charge in [-0.05, 0) is 25.1 Å². The summed E-state index contributed by atoms with van der Waals surface area (Å²) in [7, 11) is 1.67. The Morgan fingerprint density at radius 1 is 1.56 bits per heavy atom. The summed E-state index contributed by atoms with van der Waals surface area (Å²) in [5.41, 5.74) is 1.78. The summed E-state index contributed by atoms with van der Waals surface area (Å²) in [6.07, 6.45) is 0. The molecular formula is C14H19N3O. The number of nitriles is 1. The van der Waals surface area contributed by atoms with Crippen LogP contribution in [-0.2, 0) is 6.54 Å². The number of piperazine rings is 1. The minimum Gasteiger partial charge on any atom is -0.496 e. The van der Waals surface area contributed by atoms with Crippen LogP contribution in [0.2, 0.25) is 0 Å². The second-order valence-electron chi connectivity index (χ2n) is 4.73. The van der Waals surface area contributed by atoms with E-state index in [4.69, 9.17) is 10.00 Å². The van der Waals surface area contributed by atoms with Crippen molar-refractivity contribution >= 4 is 0 Å². The number of nitrogens with zero attached hydrogens (tertiary/aromatic N) is 2. The number of nitrogens with one attached hydrogen (secondary N) is 1. The summed E-state index contributed by atoms with van der Waals surface area (Å²) >= 11 is 0. The van der Waals surface area contributed by atoms with Crippen molar-refractivity contribution in [3.63, 3.8) is 0 Å². The molecule has 1 saturated heterocycles. The third-order valence-corrected chi connectivity index (χ3v) is 3.26. The normalized spacial score (nSPS) is 20.4. The first-order valence-electron chi connectivity index (χ1n) is 6.25. The van der Waals surface area contributed by atoms with E-state index in [2.05, 4.69) is 23.2 Å². The molecule has 1 aromatic carbocycles. The van der Waals surface area contributed by atoms with Gasteiger partial charge in [0.1, 0.15) is 5.75 Å². The number of rotatable bonds is 3. The van der Waals surface area contributed by atoms with E-state index in [9.17, 15) is 0 Å². The van der Waals surface area contributed by atoms with Crippen molar-refractivity contribution in [1.29, 1.82) is 5.26 Å². The van der Waals surface area contributed by atoms with Crippen molar-refractivity contribution in [2.75, 3.05) is 26.7 Å². The van der Waals surface area contributed by atoms with Gasteiger partial charge in [0, 0.05) is 37.8 Å². The maximum absolute atomic E-state index is 8.96. The molecule has 0 amide bonds. The van der Waals surface area contributed by atoms with Gasteiger partial charge in [0.2, 0.25) is 0 Å². The van der Waals surface area contributed by atoms with Gasteiger partial charge in [-0.2, -0.15) is 5.26 Å². The molecule has 0 unspecified atom stereocenters. The first-order chi connectivity index (χ1) is 8.72. The van der Waals surface area contributed by atoms with Crippen molar-refractivity contribution in [2.45, 2.75) is 19.5 Å². The maximum Gasteiger partial charge on any atom is 0.123 e. The second kappa shape index (κ2) is 5.85. The molecule has 18 heavy (non-hydrogen) atoms. The molecule has 1 aromatic rings. The number of hydrogen-bond donors (Lipinski definition) is 1. The van der Waals surface area contributed by atoms with E-state index in [1.807, 2.05) is 12.1 Å². The number of benzene rings is 1. The van der Waals surface area contributed by atoms with Crippen LogP contribution in [0.25, 0.3) is 0 Å². The molecule has 0 bridgehead atoms. The number of ether oxygens (including phenoxy) is 1. The van der Waals surface area contributed by atoms with Crippen LogP contribution in [0.15, 0.2) is 18.2 Å². The van der Waals surface area contributed by atoms with Crippen LogP contribution in [0.1, 0.15) is 18.1 Å². The summed E-state index contributed by atoms with van der Waals surface area (Å²) in [5, 5.41) is 12.4. The first-order valence-corrected chi connectivity index (χ1v) is 6.25. The monoisotopic (exact) mass is 245 g/mol. The number of methoxy groups -OCH3 is 1. The quantitative estimate of drug-likeness (QED) is 0.873. The van der Waals surface area contributed by atoms with Crippen molar-refractivity contribution in [3.05, 3.63) is 29.3 Å². The first kappa shape index (κ1) is 12.9. The van der Waals surface area contributed by atoms with E-state index in [0.717, 1.165) is 37.5 Å². The Hall–Kier alpha value is -1.57. The zero-order valence-corrected chi connectivity index (χ0v) is 10.9. The van der Waals surface area contributed by atoms with Gasteiger partial charge >= 0.3 is 0 Å². The molecule has 0 aliphatic carbocycles. The topological polar surface area (TPSA) is 48.3 Å². The van der Waals surface area contributed by atoms with Crippen LogP contribution < -0.4 is 10.1 Å². The molecule has 0 radical (unpaired) electrons. The molecule has 1 atom stereocenters. The molecule has 4 nitrogen and oxygen atoms in total. The van der Waals surface area contributed by atoms with Crippen molar-refractivity contribution in [2.24, 2.45) is 0 Å². The van der Waals surface area contributed by atoms with Crippen LogP contribution in [0.4, 0.5) is 0 Å². The lowest BCUT2D eigenvalue weighted by atomic mass is 10.1. The summed E-state index contributed by atoms with van der Waals surface area (Å²) < 4.78 is 5.36. The fourth-order valence-corrected chi connectivity index (χ4v) is 2.37. The molecule has 1 fully saturated rings. The molecule has 0 saturated carbocycles. The average Bonchev–Trinajstić information content (AvgIpc) is 2.38. The van der Waals surface area contributed by atoms with Crippen molar-refractivity contribution < 1.29 is 4.74 Å². The van der Waals surface area contributed by atoms with E-state index < -0.39 is 0 Å². The van der Waals surface area contributed by atoms with E-state index in [1.54, 1.807) is 13.2 Å². The van der Waals surface area contributed by atoms with Gasteiger partial charge in [-0.1, -0.05) is 0 Å². The van der Waals surface area contributed by atoms with Crippen LogP contribution in [0.5, 0.6) is 5.75 Å². The van der Waals surface area contributed by atoms with E-state index in [-0.39, 0.29) is 0 Å². The predicted octanol–water partition coefficient (Wildman–Crippen LogP) is 1.36. The zero-order chi connectivity index (χ0) is 13.0. The molecule has 4 heteroatoms. The molecule has 0 aromatic heterocycles. The third-order valence-electron chi connectivity index (χ3n) is 3.26. The van der Waals surface area contributed by atoms with Gasteiger partial charge in [-0.25, -0.2) is 0 Å². The molecule has 1 N–H and O–H groups in total. The molecule has 1 aliphatic heterocycles. The fraction of sp³-hybridized carbons (Fsp3) is 0.500. The second-order valence-corrected chi connectivity index (χ2v) is 4.73. The summed E-state index contributed by atoms with van der Waals surface area (Å²) in [6, 6.07) is 8.29. The maximum atomic E-state index is 8.96. The Kier molecular flexibility index (Phi) is 4.19. The summed E-state index contributed by atoms with van der Waals surface area (Å²) in [4.78, 5) is 2.39. The highest BCUT2D eigenvalue weighted by Gasteiger charge is 2.17. The average molecular weight is 245 g/mol. The minimum atomic E-state index is 0.517. The highest BCUT2D eigenvalue weighted by molar-refractivity contribution is 5.42. The van der Waals surface area contributed by atoms with Gasteiger partial charge < -0.3 is 10.1 Å². The van der Waals surface area contributed by atoms with Gasteiger partial charge in [-0.15, -0.1) is 0 Å². The molecular weight excluding hydrogens is 226 g/mol. The Balaban J connectivity index is 2.14. The highest BCUT2D eigenvalue weighted by atomic mass is 16.5. The zero-order valence-electron chi connectivity index (χ0n) is 10.9. The summed E-state index contributed by atoms with van der Waals surface area (Å²) in [6.45, 7) is 6.10.